The fraction of sp³-hybridized carbons (Fsp3) is 0.562. The molecule has 1 N–H and O–H groups in total. The van der Waals surface area contributed by atoms with Crippen molar-refractivity contribution in [2.24, 2.45) is 10.4 Å². The van der Waals surface area contributed by atoms with Crippen molar-refractivity contribution in [1.29, 1.82) is 0 Å². The first-order valence-electron chi connectivity index (χ1n) is 7.35. The van der Waals surface area contributed by atoms with Gasteiger partial charge in [-0.2, -0.15) is 0 Å². The number of hydrogen-bond acceptors (Lipinski definition) is 4. The van der Waals surface area contributed by atoms with Crippen molar-refractivity contribution in [3.63, 3.8) is 0 Å². The molecule has 4 nitrogen and oxygen atoms in total. The highest BCUT2D eigenvalue weighted by Crippen LogP contribution is 2.33. The lowest BCUT2D eigenvalue weighted by Crippen LogP contribution is -2.46. The van der Waals surface area contributed by atoms with Crippen molar-refractivity contribution in [2.75, 3.05) is 12.5 Å². The number of benzene rings is 1. The Hall–Kier alpha value is -1.36. The van der Waals surface area contributed by atoms with Crippen molar-refractivity contribution in [3.05, 3.63) is 23.8 Å². The van der Waals surface area contributed by atoms with Gasteiger partial charge in [-0.1, -0.05) is 38.6 Å². The van der Waals surface area contributed by atoms with Crippen LogP contribution in [0.4, 0.5) is 0 Å². The zero-order valence-corrected chi connectivity index (χ0v) is 13.6. The first kappa shape index (κ1) is 14.6. The number of amidine groups is 1. The lowest BCUT2D eigenvalue weighted by Gasteiger charge is -2.35. The fourth-order valence-electron chi connectivity index (χ4n) is 2.48. The van der Waals surface area contributed by atoms with E-state index in [9.17, 15) is 0 Å². The fourth-order valence-corrected chi connectivity index (χ4v) is 3.41. The van der Waals surface area contributed by atoms with Gasteiger partial charge in [-0.15, -0.1) is 0 Å². The SMILES string of the molecule is CC(C)(C)C1CCSC(=NCc2ccc3c(c2)OCO3)N1. The van der Waals surface area contributed by atoms with E-state index in [-0.39, 0.29) is 5.41 Å². The Balaban J connectivity index is 1.65. The number of fused-ring (bicyclic) bond motifs is 1. The Kier molecular flexibility index (Phi) is 4.02. The topological polar surface area (TPSA) is 42.9 Å². The molecule has 0 aliphatic carbocycles. The largest absolute Gasteiger partial charge is 0.454 e. The van der Waals surface area contributed by atoms with E-state index in [1.807, 2.05) is 30.0 Å². The highest BCUT2D eigenvalue weighted by molar-refractivity contribution is 8.13. The predicted octanol–water partition coefficient (Wildman–Crippen LogP) is 3.41. The molecule has 2 aliphatic heterocycles. The summed E-state index contributed by atoms with van der Waals surface area (Å²) in [7, 11) is 0. The summed E-state index contributed by atoms with van der Waals surface area (Å²) in [4.78, 5) is 4.71. The van der Waals surface area contributed by atoms with E-state index in [4.69, 9.17) is 14.5 Å². The van der Waals surface area contributed by atoms with E-state index in [0.29, 0.717) is 19.4 Å². The number of aliphatic imine (C=N–C) groups is 1. The molecule has 21 heavy (non-hydrogen) atoms. The summed E-state index contributed by atoms with van der Waals surface area (Å²) in [5.41, 5.74) is 1.41. The molecule has 114 valence electrons. The first-order valence-corrected chi connectivity index (χ1v) is 8.33. The minimum atomic E-state index is 0.264. The van der Waals surface area contributed by atoms with Gasteiger partial charge in [0.05, 0.1) is 6.54 Å². The van der Waals surface area contributed by atoms with Gasteiger partial charge in [-0.25, -0.2) is 0 Å². The quantitative estimate of drug-likeness (QED) is 0.909. The molecule has 1 saturated heterocycles. The van der Waals surface area contributed by atoms with E-state index >= 15 is 0 Å². The number of hydrogen-bond donors (Lipinski definition) is 1. The zero-order valence-electron chi connectivity index (χ0n) is 12.8. The molecule has 5 heteroatoms. The van der Waals surface area contributed by atoms with Crippen LogP contribution in [0.3, 0.4) is 0 Å². The van der Waals surface area contributed by atoms with Gasteiger partial charge in [-0.3, -0.25) is 4.99 Å². The van der Waals surface area contributed by atoms with Crippen molar-refractivity contribution in [2.45, 2.75) is 39.8 Å². The average Bonchev–Trinajstić information content (AvgIpc) is 2.92. The second kappa shape index (κ2) is 5.79. The molecule has 0 amide bonds. The van der Waals surface area contributed by atoms with Crippen LogP contribution in [0.25, 0.3) is 0 Å². The number of rotatable bonds is 2. The van der Waals surface area contributed by atoms with E-state index < -0.39 is 0 Å². The van der Waals surface area contributed by atoms with Gasteiger partial charge in [0, 0.05) is 11.8 Å². The minimum Gasteiger partial charge on any atom is -0.454 e. The van der Waals surface area contributed by atoms with Crippen molar-refractivity contribution < 1.29 is 9.47 Å². The van der Waals surface area contributed by atoms with Gasteiger partial charge in [0.15, 0.2) is 16.7 Å². The first-order chi connectivity index (χ1) is 10.0. The van der Waals surface area contributed by atoms with Crippen LogP contribution in [-0.4, -0.2) is 23.8 Å². The molecule has 1 fully saturated rings. The number of ether oxygens (including phenoxy) is 2. The molecule has 0 saturated carbocycles. The van der Waals surface area contributed by atoms with Crippen LogP contribution in [0.15, 0.2) is 23.2 Å². The van der Waals surface area contributed by atoms with E-state index in [2.05, 4.69) is 26.1 Å². The second-order valence-electron chi connectivity index (χ2n) is 6.51. The van der Waals surface area contributed by atoms with Crippen molar-refractivity contribution in [1.82, 2.24) is 5.32 Å². The van der Waals surface area contributed by atoms with E-state index in [1.165, 1.54) is 6.42 Å². The molecule has 1 atom stereocenters. The van der Waals surface area contributed by atoms with Crippen LogP contribution in [0.5, 0.6) is 11.5 Å². The van der Waals surface area contributed by atoms with Gasteiger partial charge in [-0.05, 0) is 29.5 Å². The standard InChI is InChI=1S/C16H22N2O2S/c1-16(2,3)14-6-7-21-15(18-14)17-9-11-4-5-12-13(8-11)20-10-19-12/h4-5,8,14H,6-7,9-10H2,1-3H3,(H,17,18). The summed E-state index contributed by atoms with van der Waals surface area (Å²) < 4.78 is 10.7. The molecule has 1 aromatic carbocycles. The maximum atomic E-state index is 5.40. The van der Waals surface area contributed by atoms with Crippen molar-refractivity contribution in [3.8, 4) is 11.5 Å². The maximum absolute atomic E-state index is 5.40. The predicted molar refractivity (Wildman–Crippen MR) is 87.2 cm³/mol. The van der Waals surface area contributed by atoms with Gasteiger partial charge < -0.3 is 14.8 Å². The summed E-state index contributed by atoms with van der Waals surface area (Å²) in [6, 6.07) is 6.51. The van der Waals surface area contributed by atoms with Crippen LogP contribution >= 0.6 is 11.8 Å². The normalized spacial score (nSPS) is 23.2. The van der Waals surface area contributed by atoms with Crippen LogP contribution in [0, 0.1) is 5.41 Å². The van der Waals surface area contributed by atoms with E-state index in [1.54, 1.807) is 0 Å². The molecular weight excluding hydrogens is 284 g/mol. The summed E-state index contributed by atoms with van der Waals surface area (Å²) in [6.45, 7) is 7.81. The van der Waals surface area contributed by atoms with Gasteiger partial charge >= 0.3 is 0 Å². The lowest BCUT2D eigenvalue weighted by atomic mass is 9.85. The molecule has 1 unspecified atom stereocenters. The summed E-state index contributed by atoms with van der Waals surface area (Å²) in [5, 5.41) is 4.63. The third kappa shape index (κ3) is 3.46. The number of nitrogens with zero attached hydrogens (tertiary/aromatic N) is 1. The lowest BCUT2D eigenvalue weighted by molar-refractivity contribution is 0.174. The van der Waals surface area contributed by atoms with Gasteiger partial charge in [0.1, 0.15) is 0 Å². The molecule has 0 spiro atoms. The van der Waals surface area contributed by atoms with Crippen LogP contribution in [0.2, 0.25) is 0 Å². The Morgan fingerprint density at radius 1 is 1.29 bits per heavy atom. The zero-order chi connectivity index (χ0) is 14.9. The Labute approximate surface area is 130 Å². The molecule has 0 aromatic heterocycles. The van der Waals surface area contributed by atoms with Crippen LogP contribution < -0.4 is 14.8 Å². The third-order valence-corrected chi connectivity index (χ3v) is 4.79. The molecule has 1 aromatic rings. The Bertz CT molecular complexity index is 552. The third-order valence-electron chi connectivity index (χ3n) is 3.83. The Morgan fingerprint density at radius 3 is 2.90 bits per heavy atom. The number of nitrogens with one attached hydrogen (secondary N) is 1. The maximum Gasteiger partial charge on any atom is 0.231 e. The highest BCUT2D eigenvalue weighted by atomic mass is 32.2. The van der Waals surface area contributed by atoms with Crippen LogP contribution in [-0.2, 0) is 6.54 Å². The molecule has 0 radical (unpaired) electrons. The van der Waals surface area contributed by atoms with Gasteiger partial charge in [0.2, 0.25) is 6.79 Å². The van der Waals surface area contributed by atoms with E-state index in [0.717, 1.165) is 28.0 Å². The minimum absolute atomic E-state index is 0.264. The second-order valence-corrected chi connectivity index (χ2v) is 7.59. The summed E-state index contributed by atoms with van der Waals surface area (Å²) >= 11 is 1.81. The molecule has 0 bridgehead atoms. The monoisotopic (exact) mass is 306 g/mol. The smallest absolute Gasteiger partial charge is 0.231 e. The summed E-state index contributed by atoms with van der Waals surface area (Å²) in [5.74, 6) is 2.78. The average molecular weight is 306 g/mol. The highest BCUT2D eigenvalue weighted by Gasteiger charge is 2.28. The van der Waals surface area contributed by atoms with Crippen LogP contribution in [0.1, 0.15) is 32.8 Å². The molecule has 2 aliphatic rings. The molecule has 3 rings (SSSR count). The Morgan fingerprint density at radius 2 is 2.10 bits per heavy atom. The van der Waals surface area contributed by atoms with Gasteiger partial charge in [0.25, 0.3) is 0 Å². The molecule has 2 heterocycles. The summed E-state index contributed by atoms with van der Waals surface area (Å²) in [6.07, 6.45) is 1.19. The molecular formula is C16H22N2O2S. The van der Waals surface area contributed by atoms with Crippen molar-refractivity contribution >= 4 is 16.9 Å². The number of thioether (sulfide) groups is 1.